The Morgan fingerprint density at radius 2 is 2.20 bits per heavy atom. The number of urea groups is 1. The predicted molar refractivity (Wildman–Crippen MR) is 97.4 cm³/mol. The van der Waals surface area contributed by atoms with Gasteiger partial charge < -0.3 is 20.3 Å². The molecular weight excluding hydrogens is 342 g/mol. The largest absolute Gasteiger partial charge is 0.495 e. The molecule has 1 fully saturated rings. The highest BCUT2D eigenvalue weighted by Gasteiger charge is 2.26. The second-order valence-corrected chi connectivity index (χ2v) is 6.15. The van der Waals surface area contributed by atoms with E-state index in [1.165, 1.54) is 0 Å². The number of hydrogen-bond acceptors (Lipinski definition) is 5. The van der Waals surface area contributed by atoms with E-state index < -0.39 is 0 Å². The number of aromatic nitrogens is 2. The molecule has 1 aliphatic rings. The van der Waals surface area contributed by atoms with E-state index in [4.69, 9.17) is 16.3 Å². The van der Waals surface area contributed by atoms with Crippen LogP contribution < -0.4 is 20.3 Å². The van der Waals surface area contributed by atoms with E-state index >= 15 is 0 Å². The average molecular weight is 362 g/mol. The summed E-state index contributed by atoms with van der Waals surface area (Å²) in [6.45, 7) is 1.40. The summed E-state index contributed by atoms with van der Waals surface area (Å²) in [6.07, 6.45) is 5.49. The Kier molecular flexibility index (Phi) is 5.55. The summed E-state index contributed by atoms with van der Waals surface area (Å²) in [6, 6.07) is 6.73. The zero-order valence-electron chi connectivity index (χ0n) is 13.9. The quantitative estimate of drug-likeness (QED) is 0.856. The highest BCUT2D eigenvalue weighted by atomic mass is 35.5. The summed E-state index contributed by atoms with van der Waals surface area (Å²) in [5, 5.41) is 6.20. The first kappa shape index (κ1) is 17.3. The van der Waals surface area contributed by atoms with Crippen molar-refractivity contribution in [3.05, 3.63) is 41.7 Å². The van der Waals surface area contributed by atoms with E-state index in [1.807, 2.05) is 0 Å². The summed E-state index contributed by atoms with van der Waals surface area (Å²) in [4.78, 5) is 22.9. The number of anilines is 2. The molecule has 2 heterocycles. The lowest BCUT2D eigenvalue weighted by atomic mass is 10.2. The number of nitrogens with one attached hydrogen (secondary N) is 2. The van der Waals surface area contributed by atoms with Gasteiger partial charge in [0.05, 0.1) is 12.8 Å². The predicted octanol–water partition coefficient (Wildman–Crippen LogP) is 2.93. The molecule has 1 atom stereocenters. The normalized spacial score (nSPS) is 16.6. The van der Waals surface area contributed by atoms with E-state index in [1.54, 1.807) is 43.8 Å². The molecular formula is C17H20ClN5O2. The van der Waals surface area contributed by atoms with Crippen molar-refractivity contribution in [3.8, 4) is 5.75 Å². The van der Waals surface area contributed by atoms with Gasteiger partial charge in [-0.2, -0.15) is 0 Å². The molecule has 0 unspecified atom stereocenters. The Bertz CT molecular complexity index is 728. The molecule has 132 valence electrons. The van der Waals surface area contributed by atoms with Gasteiger partial charge in [0.25, 0.3) is 0 Å². The number of rotatable bonds is 5. The van der Waals surface area contributed by atoms with Crippen LogP contribution in [0.15, 0.2) is 36.7 Å². The van der Waals surface area contributed by atoms with Crippen molar-refractivity contribution < 1.29 is 9.53 Å². The van der Waals surface area contributed by atoms with Gasteiger partial charge >= 0.3 is 6.03 Å². The molecule has 3 rings (SSSR count). The van der Waals surface area contributed by atoms with Crippen molar-refractivity contribution in [1.82, 2.24) is 15.3 Å². The molecule has 0 radical (unpaired) electrons. The second-order valence-electron chi connectivity index (χ2n) is 5.72. The highest BCUT2D eigenvalue weighted by Crippen LogP contribution is 2.27. The minimum atomic E-state index is -0.304. The number of methoxy groups -OCH3 is 1. The maximum Gasteiger partial charge on any atom is 0.319 e. The van der Waals surface area contributed by atoms with Crippen LogP contribution in [0.4, 0.5) is 16.4 Å². The number of halogens is 1. The van der Waals surface area contributed by atoms with Crippen LogP contribution in [-0.4, -0.2) is 42.2 Å². The highest BCUT2D eigenvalue weighted by molar-refractivity contribution is 6.31. The fraction of sp³-hybridized carbons (Fsp3) is 0.353. The lowest BCUT2D eigenvalue weighted by Gasteiger charge is -2.24. The van der Waals surface area contributed by atoms with Crippen LogP contribution in [0.25, 0.3) is 0 Å². The number of benzene rings is 1. The van der Waals surface area contributed by atoms with Crippen molar-refractivity contribution in [2.24, 2.45) is 0 Å². The van der Waals surface area contributed by atoms with Gasteiger partial charge in [-0.1, -0.05) is 11.6 Å². The van der Waals surface area contributed by atoms with E-state index in [9.17, 15) is 4.79 Å². The fourth-order valence-electron chi connectivity index (χ4n) is 2.91. The van der Waals surface area contributed by atoms with E-state index in [0.717, 1.165) is 19.4 Å². The third kappa shape index (κ3) is 4.30. The summed E-state index contributed by atoms with van der Waals surface area (Å²) < 4.78 is 5.23. The first-order chi connectivity index (χ1) is 12.2. The van der Waals surface area contributed by atoms with Crippen molar-refractivity contribution in [2.45, 2.75) is 18.9 Å². The van der Waals surface area contributed by atoms with Gasteiger partial charge in [-0.25, -0.2) is 14.8 Å². The molecule has 1 aromatic heterocycles. The van der Waals surface area contributed by atoms with Crippen LogP contribution in [-0.2, 0) is 0 Å². The maximum absolute atomic E-state index is 12.2. The molecule has 2 aromatic rings. The Morgan fingerprint density at radius 3 is 2.96 bits per heavy atom. The second kappa shape index (κ2) is 8.02. The summed E-state index contributed by atoms with van der Waals surface area (Å²) in [5.41, 5.74) is 0.530. The zero-order chi connectivity index (χ0) is 17.6. The molecule has 1 aromatic carbocycles. The SMILES string of the molecule is COc1ccc(Cl)cc1NC(=O)NC[C@H]1CCCN1c1ncccn1. The number of carbonyl (C=O) groups excluding carboxylic acids is 1. The molecule has 7 nitrogen and oxygen atoms in total. The number of carbonyl (C=O) groups is 1. The van der Waals surface area contributed by atoms with Gasteiger partial charge in [0.1, 0.15) is 5.75 Å². The number of ether oxygens (including phenoxy) is 1. The monoisotopic (exact) mass is 361 g/mol. The van der Waals surface area contributed by atoms with Gasteiger partial charge in [-0.15, -0.1) is 0 Å². The Morgan fingerprint density at radius 1 is 1.40 bits per heavy atom. The average Bonchev–Trinajstić information content (AvgIpc) is 3.09. The van der Waals surface area contributed by atoms with Crippen LogP contribution >= 0.6 is 11.6 Å². The van der Waals surface area contributed by atoms with Gasteiger partial charge in [-0.3, -0.25) is 0 Å². The summed E-state index contributed by atoms with van der Waals surface area (Å²) in [5.74, 6) is 1.25. The fourth-order valence-corrected chi connectivity index (χ4v) is 3.08. The Hall–Kier alpha value is -2.54. The van der Waals surface area contributed by atoms with Gasteiger partial charge in [0.15, 0.2) is 0 Å². The smallest absolute Gasteiger partial charge is 0.319 e. The van der Waals surface area contributed by atoms with E-state index in [0.29, 0.717) is 29.0 Å². The van der Waals surface area contributed by atoms with Gasteiger partial charge in [0, 0.05) is 36.5 Å². The van der Waals surface area contributed by atoms with Crippen LogP contribution in [0.2, 0.25) is 5.02 Å². The van der Waals surface area contributed by atoms with E-state index in [2.05, 4.69) is 25.5 Å². The van der Waals surface area contributed by atoms with Crippen molar-refractivity contribution in [3.63, 3.8) is 0 Å². The molecule has 0 bridgehead atoms. The summed E-state index contributed by atoms with van der Waals surface area (Å²) in [7, 11) is 1.54. The molecule has 2 amide bonds. The lowest BCUT2D eigenvalue weighted by Crippen LogP contribution is -2.42. The first-order valence-corrected chi connectivity index (χ1v) is 8.47. The zero-order valence-corrected chi connectivity index (χ0v) is 14.7. The number of hydrogen-bond donors (Lipinski definition) is 2. The Labute approximate surface area is 151 Å². The van der Waals surface area contributed by atoms with Gasteiger partial charge in [0.2, 0.25) is 5.95 Å². The van der Waals surface area contributed by atoms with Crippen LogP contribution in [0, 0.1) is 0 Å². The molecule has 0 aliphatic carbocycles. The standard InChI is InChI=1S/C17H20ClN5O2/c1-25-15-6-5-12(18)10-14(15)22-17(24)21-11-13-4-2-9-23(13)16-19-7-3-8-20-16/h3,5-8,10,13H,2,4,9,11H2,1H3,(H2,21,22,24)/t13-/m1/s1. The topological polar surface area (TPSA) is 79.4 Å². The molecule has 25 heavy (non-hydrogen) atoms. The molecule has 0 spiro atoms. The third-order valence-corrected chi connectivity index (χ3v) is 4.33. The van der Waals surface area contributed by atoms with Crippen molar-refractivity contribution in [2.75, 3.05) is 30.4 Å². The molecule has 1 aliphatic heterocycles. The molecule has 0 saturated carbocycles. The number of amides is 2. The molecule has 2 N–H and O–H groups in total. The van der Waals surface area contributed by atoms with Crippen molar-refractivity contribution in [1.29, 1.82) is 0 Å². The molecule has 8 heteroatoms. The Balaban J connectivity index is 1.58. The first-order valence-electron chi connectivity index (χ1n) is 8.09. The third-order valence-electron chi connectivity index (χ3n) is 4.09. The maximum atomic E-state index is 12.2. The van der Waals surface area contributed by atoms with Crippen LogP contribution in [0.3, 0.4) is 0 Å². The summed E-state index contributed by atoms with van der Waals surface area (Å²) >= 11 is 5.98. The van der Waals surface area contributed by atoms with Gasteiger partial charge in [-0.05, 0) is 37.1 Å². The number of nitrogens with zero attached hydrogens (tertiary/aromatic N) is 3. The van der Waals surface area contributed by atoms with Crippen LogP contribution in [0.1, 0.15) is 12.8 Å². The minimum absolute atomic E-state index is 0.175. The van der Waals surface area contributed by atoms with E-state index in [-0.39, 0.29) is 12.1 Å². The lowest BCUT2D eigenvalue weighted by molar-refractivity contribution is 0.251. The minimum Gasteiger partial charge on any atom is -0.495 e. The van der Waals surface area contributed by atoms with Crippen LogP contribution in [0.5, 0.6) is 5.75 Å². The molecule has 1 saturated heterocycles. The van der Waals surface area contributed by atoms with Crippen molar-refractivity contribution >= 4 is 29.3 Å².